The van der Waals surface area contributed by atoms with Crippen molar-refractivity contribution in [1.29, 1.82) is 0 Å². The number of halogens is 1. The number of aromatic nitrogens is 1. The Kier molecular flexibility index (Phi) is 5.58. The Morgan fingerprint density at radius 1 is 1.55 bits per heavy atom. The Bertz CT molecular complexity index is 578. The summed E-state index contributed by atoms with van der Waals surface area (Å²) in [4.78, 5) is 11.2. The molecule has 0 aromatic carbocycles. The molecule has 9 heteroatoms. The third-order valence-electron chi connectivity index (χ3n) is 3.16. The molecule has 0 unspecified atom stereocenters. The average molecular weight is 323 g/mol. The number of nitrogens with zero attached hydrogens (tertiary/aromatic N) is 1. The lowest BCUT2D eigenvalue weighted by molar-refractivity contribution is 0.0992. The SMILES string of the molecule is Cl.Cn1cc(S(=O)(=O)N[C@H]2CCCNC2)cc1C(N)=O. The number of nitrogens with two attached hydrogens (primary N) is 1. The predicted octanol–water partition coefficient (Wildman–Crippen LogP) is -0.424. The molecule has 1 aliphatic heterocycles. The van der Waals surface area contributed by atoms with Crippen LogP contribution in [0, 0.1) is 0 Å². The van der Waals surface area contributed by atoms with E-state index in [1.807, 2.05) is 0 Å². The van der Waals surface area contributed by atoms with Gasteiger partial charge in [0.2, 0.25) is 10.0 Å². The van der Waals surface area contributed by atoms with Crippen LogP contribution >= 0.6 is 12.4 Å². The number of hydrogen-bond acceptors (Lipinski definition) is 4. The van der Waals surface area contributed by atoms with Crippen molar-refractivity contribution in [3.05, 3.63) is 18.0 Å². The molecule has 1 aliphatic rings. The first-order chi connectivity index (χ1) is 8.90. The van der Waals surface area contributed by atoms with Gasteiger partial charge in [-0.2, -0.15) is 0 Å². The Balaban J connectivity index is 0.00000200. The van der Waals surface area contributed by atoms with Gasteiger partial charge >= 0.3 is 0 Å². The molecule has 0 spiro atoms. The number of sulfonamides is 1. The van der Waals surface area contributed by atoms with Gasteiger partial charge in [0.25, 0.3) is 5.91 Å². The van der Waals surface area contributed by atoms with Crippen molar-refractivity contribution in [2.24, 2.45) is 12.8 Å². The van der Waals surface area contributed by atoms with Gasteiger partial charge < -0.3 is 15.6 Å². The van der Waals surface area contributed by atoms with E-state index < -0.39 is 15.9 Å². The maximum Gasteiger partial charge on any atom is 0.265 e. The zero-order valence-electron chi connectivity index (χ0n) is 11.1. The Morgan fingerprint density at radius 3 is 2.75 bits per heavy atom. The number of carbonyl (C=O) groups is 1. The van der Waals surface area contributed by atoms with Crippen molar-refractivity contribution in [3.63, 3.8) is 0 Å². The minimum Gasteiger partial charge on any atom is -0.364 e. The molecule has 20 heavy (non-hydrogen) atoms. The number of aryl methyl sites for hydroxylation is 1. The largest absolute Gasteiger partial charge is 0.364 e. The van der Waals surface area contributed by atoms with Gasteiger partial charge in [-0.15, -0.1) is 12.4 Å². The molecular formula is C11H19ClN4O3S. The van der Waals surface area contributed by atoms with Gasteiger partial charge in [0.05, 0.1) is 0 Å². The first-order valence-electron chi connectivity index (χ1n) is 6.09. The topological polar surface area (TPSA) is 106 Å². The summed E-state index contributed by atoms with van der Waals surface area (Å²) in [7, 11) is -2.03. The van der Waals surface area contributed by atoms with E-state index in [0.717, 1.165) is 19.4 Å². The lowest BCUT2D eigenvalue weighted by Gasteiger charge is -2.23. The normalized spacial score (nSPS) is 19.4. The van der Waals surface area contributed by atoms with E-state index in [1.54, 1.807) is 7.05 Å². The van der Waals surface area contributed by atoms with Gasteiger partial charge in [-0.1, -0.05) is 0 Å². The van der Waals surface area contributed by atoms with Crippen LogP contribution < -0.4 is 15.8 Å². The van der Waals surface area contributed by atoms with E-state index in [-0.39, 0.29) is 29.0 Å². The maximum atomic E-state index is 12.2. The molecule has 0 radical (unpaired) electrons. The number of carbonyl (C=O) groups excluding carboxylic acids is 1. The highest BCUT2D eigenvalue weighted by Crippen LogP contribution is 2.14. The smallest absolute Gasteiger partial charge is 0.265 e. The zero-order chi connectivity index (χ0) is 14.0. The molecule has 0 saturated carbocycles. The summed E-state index contributed by atoms with van der Waals surface area (Å²) in [5.41, 5.74) is 5.34. The Hall–Kier alpha value is -1.09. The molecule has 114 valence electrons. The standard InChI is InChI=1S/C11H18N4O3S.ClH/c1-15-7-9(5-10(15)11(12)16)19(17,18)14-8-3-2-4-13-6-8;/h5,7-8,13-14H,2-4,6H2,1H3,(H2,12,16);1H/t8-;/m0./s1. The van der Waals surface area contributed by atoms with Crippen LogP contribution in [0.4, 0.5) is 0 Å². The second kappa shape index (κ2) is 6.57. The molecule has 1 atom stereocenters. The van der Waals surface area contributed by atoms with Gasteiger partial charge in [0.15, 0.2) is 0 Å². The van der Waals surface area contributed by atoms with E-state index >= 15 is 0 Å². The van der Waals surface area contributed by atoms with Crippen molar-refractivity contribution in [2.75, 3.05) is 13.1 Å². The summed E-state index contributed by atoms with van der Waals surface area (Å²) >= 11 is 0. The second-order valence-corrected chi connectivity index (χ2v) is 6.41. The molecule has 7 nitrogen and oxygen atoms in total. The molecule has 1 amide bonds. The van der Waals surface area contributed by atoms with E-state index in [0.29, 0.717) is 6.54 Å². The van der Waals surface area contributed by atoms with Crippen molar-refractivity contribution in [3.8, 4) is 0 Å². The number of piperidine rings is 1. The lowest BCUT2D eigenvalue weighted by Crippen LogP contribution is -2.45. The number of hydrogen-bond donors (Lipinski definition) is 3. The van der Waals surface area contributed by atoms with Crippen LogP contribution in [0.1, 0.15) is 23.3 Å². The molecule has 0 aliphatic carbocycles. The summed E-state index contributed by atoms with van der Waals surface area (Å²) in [6, 6.07) is 1.18. The molecule has 2 rings (SSSR count). The van der Waals surface area contributed by atoms with Crippen LogP contribution in [-0.4, -0.2) is 38.0 Å². The summed E-state index contributed by atoms with van der Waals surface area (Å²) in [5.74, 6) is -0.650. The first-order valence-corrected chi connectivity index (χ1v) is 7.57. The Morgan fingerprint density at radius 2 is 2.25 bits per heavy atom. The van der Waals surface area contributed by atoms with Gasteiger partial charge in [0, 0.05) is 25.8 Å². The zero-order valence-corrected chi connectivity index (χ0v) is 12.8. The molecular weight excluding hydrogens is 304 g/mol. The molecule has 1 saturated heterocycles. The summed E-state index contributed by atoms with van der Waals surface area (Å²) in [5, 5.41) is 3.14. The van der Waals surface area contributed by atoms with Crippen LogP contribution in [0.15, 0.2) is 17.2 Å². The minimum atomic E-state index is -3.61. The molecule has 1 aromatic rings. The maximum absolute atomic E-state index is 12.2. The van der Waals surface area contributed by atoms with Crippen LogP contribution in [0.25, 0.3) is 0 Å². The molecule has 2 heterocycles. The summed E-state index contributed by atoms with van der Waals surface area (Å²) in [6.45, 7) is 1.53. The molecule has 0 bridgehead atoms. The number of primary amides is 1. The summed E-state index contributed by atoms with van der Waals surface area (Å²) in [6.07, 6.45) is 3.13. The molecule has 1 aromatic heterocycles. The second-order valence-electron chi connectivity index (χ2n) is 4.70. The van der Waals surface area contributed by atoms with E-state index in [1.165, 1.54) is 16.8 Å². The number of nitrogens with one attached hydrogen (secondary N) is 2. The van der Waals surface area contributed by atoms with E-state index in [9.17, 15) is 13.2 Å². The highest BCUT2D eigenvalue weighted by atomic mass is 35.5. The van der Waals surface area contributed by atoms with Gasteiger partial charge in [0.1, 0.15) is 10.6 Å². The third kappa shape index (κ3) is 3.72. The highest BCUT2D eigenvalue weighted by Gasteiger charge is 2.24. The highest BCUT2D eigenvalue weighted by molar-refractivity contribution is 7.89. The molecule has 4 N–H and O–H groups in total. The van der Waals surface area contributed by atoms with Crippen LogP contribution in [0.3, 0.4) is 0 Å². The quantitative estimate of drug-likeness (QED) is 0.699. The first kappa shape index (κ1) is 17.0. The van der Waals surface area contributed by atoms with Crippen molar-refractivity contribution in [1.82, 2.24) is 14.6 Å². The van der Waals surface area contributed by atoms with Gasteiger partial charge in [-0.25, -0.2) is 13.1 Å². The van der Waals surface area contributed by atoms with Crippen molar-refractivity contribution in [2.45, 2.75) is 23.8 Å². The monoisotopic (exact) mass is 322 g/mol. The predicted molar refractivity (Wildman–Crippen MR) is 77.4 cm³/mol. The van der Waals surface area contributed by atoms with E-state index in [4.69, 9.17) is 5.73 Å². The minimum absolute atomic E-state index is 0. The lowest BCUT2D eigenvalue weighted by atomic mass is 10.1. The fourth-order valence-corrected chi connectivity index (χ4v) is 3.51. The number of rotatable bonds is 4. The third-order valence-corrected chi connectivity index (χ3v) is 4.65. The van der Waals surface area contributed by atoms with E-state index in [2.05, 4.69) is 10.0 Å². The van der Waals surface area contributed by atoms with Gasteiger partial charge in [-0.05, 0) is 25.5 Å². The fourth-order valence-electron chi connectivity index (χ4n) is 2.17. The van der Waals surface area contributed by atoms with Gasteiger partial charge in [-0.3, -0.25) is 4.79 Å². The van der Waals surface area contributed by atoms with Crippen molar-refractivity contribution < 1.29 is 13.2 Å². The summed E-state index contributed by atoms with van der Waals surface area (Å²) < 4.78 is 28.4. The fraction of sp³-hybridized carbons (Fsp3) is 0.545. The van der Waals surface area contributed by atoms with Crippen molar-refractivity contribution >= 4 is 28.3 Å². The van der Waals surface area contributed by atoms with Crippen LogP contribution in [-0.2, 0) is 17.1 Å². The van der Waals surface area contributed by atoms with Crippen LogP contribution in [0.2, 0.25) is 0 Å². The number of amides is 1. The Labute approximate surface area is 124 Å². The average Bonchev–Trinajstić information content (AvgIpc) is 2.73. The molecule has 1 fully saturated rings. The van der Waals surface area contributed by atoms with Crippen LogP contribution in [0.5, 0.6) is 0 Å².